The van der Waals surface area contributed by atoms with Crippen molar-refractivity contribution in [3.63, 3.8) is 0 Å². The van der Waals surface area contributed by atoms with E-state index >= 15 is 0 Å². The third kappa shape index (κ3) is 3.12. The van der Waals surface area contributed by atoms with Gasteiger partial charge in [0.25, 0.3) is 0 Å². The van der Waals surface area contributed by atoms with Gasteiger partial charge in [-0.15, -0.1) is 0 Å². The molecule has 0 unspecified atom stereocenters. The average Bonchev–Trinajstić information content (AvgIpc) is 3.01. The Morgan fingerprint density at radius 2 is 1.69 bits per heavy atom. The number of aromatic nitrogens is 4. The zero-order chi connectivity index (χ0) is 18.1. The van der Waals surface area contributed by atoms with E-state index in [1.165, 1.54) is 6.07 Å². The first kappa shape index (κ1) is 16.5. The first-order valence-corrected chi connectivity index (χ1v) is 8.73. The molecule has 3 aromatic rings. The second-order valence-corrected chi connectivity index (χ2v) is 6.48. The Hall–Kier alpha value is -2.96. The number of rotatable bonds is 3. The normalized spacial score (nSPS) is 14.7. The van der Waals surface area contributed by atoms with Crippen LogP contribution in [0.4, 0.5) is 16.0 Å². The molecular weight excluding hydrogens is 331 g/mol. The van der Waals surface area contributed by atoms with Gasteiger partial charge in [-0.2, -0.15) is 10.1 Å². The lowest BCUT2D eigenvalue weighted by Crippen LogP contribution is -2.47. The zero-order valence-electron chi connectivity index (χ0n) is 14.9. The standard InChI is InChI=1S/C19H21FN6/c1-14-13-15(2)26(23-14)18-7-8-21-19(22-18)25-11-9-24(10-12-25)17-6-4-3-5-16(17)20/h3-8,13H,9-12H2,1-2H3. The third-order valence-electron chi connectivity index (χ3n) is 4.61. The molecule has 0 spiro atoms. The highest BCUT2D eigenvalue weighted by molar-refractivity contribution is 5.49. The van der Waals surface area contributed by atoms with Crippen LogP contribution in [0.2, 0.25) is 0 Å². The maximum absolute atomic E-state index is 14.0. The highest BCUT2D eigenvalue weighted by Crippen LogP contribution is 2.22. The van der Waals surface area contributed by atoms with Crippen molar-refractivity contribution in [3.05, 3.63) is 59.8 Å². The predicted molar refractivity (Wildman–Crippen MR) is 99.5 cm³/mol. The monoisotopic (exact) mass is 352 g/mol. The van der Waals surface area contributed by atoms with Crippen LogP contribution < -0.4 is 9.80 Å². The molecule has 6 nitrogen and oxygen atoms in total. The Labute approximate surface area is 151 Å². The van der Waals surface area contributed by atoms with Crippen molar-refractivity contribution in [2.75, 3.05) is 36.0 Å². The summed E-state index contributed by atoms with van der Waals surface area (Å²) in [7, 11) is 0. The molecule has 0 aliphatic carbocycles. The topological polar surface area (TPSA) is 50.1 Å². The number of anilines is 2. The second kappa shape index (κ2) is 6.74. The van der Waals surface area contributed by atoms with Crippen molar-refractivity contribution in [2.45, 2.75) is 13.8 Å². The molecule has 1 saturated heterocycles. The van der Waals surface area contributed by atoms with Crippen LogP contribution in [0.3, 0.4) is 0 Å². The fraction of sp³-hybridized carbons (Fsp3) is 0.316. The number of halogens is 1. The molecule has 7 heteroatoms. The second-order valence-electron chi connectivity index (χ2n) is 6.48. The van der Waals surface area contributed by atoms with Gasteiger partial charge in [0, 0.05) is 44.1 Å². The fourth-order valence-corrected chi connectivity index (χ4v) is 3.33. The summed E-state index contributed by atoms with van der Waals surface area (Å²) in [5, 5.41) is 4.49. The van der Waals surface area contributed by atoms with Gasteiger partial charge in [-0.3, -0.25) is 0 Å². The van der Waals surface area contributed by atoms with Crippen LogP contribution in [0.25, 0.3) is 5.82 Å². The minimum absolute atomic E-state index is 0.177. The molecule has 0 N–H and O–H groups in total. The Balaban J connectivity index is 1.51. The lowest BCUT2D eigenvalue weighted by molar-refractivity contribution is 0.593. The van der Waals surface area contributed by atoms with Crippen molar-refractivity contribution < 1.29 is 4.39 Å². The number of benzene rings is 1. The van der Waals surface area contributed by atoms with E-state index in [0.29, 0.717) is 11.6 Å². The van der Waals surface area contributed by atoms with Crippen molar-refractivity contribution >= 4 is 11.6 Å². The molecule has 134 valence electrons. The highest BCUT2D eigenvalue weighted by Gasteiger charge is 2.21. The molecule has 4 rings (SSSR count). The summed E-state index contributed by atoms with van der Waals surface area (Å²) in [5.74, 6) is 1.27. The van der Waals surface area contributed by atoms with Crippen LogP contribution in [0.15, 0.2) is 42.6 Å². The van der Waals surface area contributed by atoms with Crippen molar-refractivity contribution in [3.8, 4) is 5.82 Å². The summed E-state index contributed by atoms with van der Waals surface area (Å²) in [6.07, 6.45) is 1.76. The number of nitrogens with zero attached hydrogens (tertiary/aromatic N) is 6. The first-order valence-electron chi connectivity index (χ1n) is 8.73. The smallest absolute Gasteiger partial charge is 0.227 e. The van der Waals surface area contributed by atoms with E-state index in [9.17, 15) is 4.39 Å². The maximum atomic E-state index is 14.0. The van der Waals surface area contributed by atoms with Gasteiger partial charge in [-0.1, -0.05) is 12.1 Å². The van der Waals surface area contributed by atoms with Crippen LogP contribution in [-0.4, -0.2) is 45.9 Å². The zero-order valence-corrected chi connectivity index (χ0v) is 14.9. The van der Waals surface area contributed by atoms with E-state index in [1.54, 1.807) is 12.3 Å². The van der Waals surface area contributed by atoms with Crippen LogP contribution in [0.5, 0.6) is 0 Å². The highest BCUT2D eigenvalue weighted by atomic mass is 19.1. The van der Waals surface area contributed by atoms with Crippen LogP contribution in [-0.2, 0) is 0 Å². The molecule has 0 bridgehead atoms. The summed E-state index contributed by atoms with van der Waals surface area (Å²) in [4.78, 5) is 13.3. The molecule has 0 amide bonds. The van der Waals surface area contributed by atoms with E-state index in [1.807, 2.05) is 42.8 Å². The number of hydrogen-bond donors (Lipinski definition) is 0. The molecule has 1 aromatic carbocycles. The molecule has 3 heterocycles. The number of hydrogen-bond acceptors (Lipinski definition) is 5. The molecule has 1 aliphatic rings. The minimum Gasteiger partial charge on any atom is -0.366 e. The van der Waals surface area contributed by atoms with Gasteiger partial charge in [0.2, 0.25) is 5.95 Å². The van der Waals surface area contributed by atoms with Gasteiger partial charge in [-0.05, 0) is 32.0 Å². The van der Waals surface area contributed by atoms with Crippen molar-refractivity contribution in [1.29, 1.82) is 0 Å². The van der Waals surface area contributed by atoms with Crippen molar-refractivity contribution in [1.82, 2.24) is 19.7 Å². The van der Waals surface area contributed by atoms with E-state index in [2.05, 4.69) is 24.9 Å². The summed E-state index contributed by atoms with van der Waals surface area (Å²) >= 11 is 0. The van der Waals surface area contributed by atoms with Crippen LogP contribution in [0, 0.1) is 19.7 Å². The largest absolute Gasteiger partial charge is 0.366 e. The van der Waals surface area contributed by atoms with Gasteiger partial charge < -0.3 is 9.80 Å². The molecule has 0 saturated carbocycles. The molecule has 26 heavy (non-hydrogen) atoms. The van der Waals surface area contributed by atoms with Gasteiger partial charge >= 0.3 is 0 Å². The lowest BCUT2D eigenvalue weighted by Gasteiger charge is -2.36. The van der Waals surface area contributed by atoms with E-state index in [0.717, 1.165) is 43.4 Å². The summed E-state index contributed by atoms with van der Waals surface area (Å²) < 4.78 is 15.8. The third-order valence-corrected chi connectivity index (χ3v) is 4.61. The van der Waals surface area contributed by atoms with Gasteiger partial charge in [0.05, 0.1) is 11.4 Å². The molecule has 0 radical (unpaired) electrons. The lowest BCUT2D eigenvalue weighted by atomic mass is 10.2. The van der Waals surface area contributed by atoms with E-state index < -0.39 is 0 Å². The first-order chi connectivity index (χ1) is 12.6. The Kier molecular flexibility index (Phi) is 4.28. The Morgan fingerprint density at radius 1 is 0.962 bits per heavy atom. The molecule has 2 aromatic heterocycles. The van der Waals surface area contributed by atoms with Gasteiger partial charge in [0.15, 0.2) is 5.82 Å². The summed E-state index contributed by atoms with van der Waals surface area (Å²) in [5.41, 5.74) is 2.65. The van der Waals surface area contributed by atoms with Crippen LogP contribution in [0.1, 0.15) is 11.4 Å². The van der Waals surface area contributed by atoms with Crippen LogP contribution >= 0.6 is 0 Å². The van der Waals surface area contributed by atoms with Crippen molar-refractivity contribution in [2.24, 2.45) is 0 Å². The van der Waals surface area contributed by atoms with E-state index in [-0.39, 0.29) is 5.82 Å². The Morgan fingerprint density at radius 3 is 2.38 bits per heavy atom. The SMILES string of the molecule is Cc1cc(C)n(-c2ccnc(N3CCN(c4ccccc4F)CC3)n2)n1. The molecule has 1 aliphatic heterocycles. The quantitative estimate of drug-likeness (QED) is 0.725. The molecule has 1 fully saturated rings. The summed E-state index contributed by atoms with van der Waals surface area (Å²) in [6.45, 7) is 6.93. The van der Waals surface area contributed by atoms with Gasteiger partial charge in [-0.25, -0.2) is 14.1 Å². The minimum atomic E-state index is -0.177. The Bertz CT molecular complexity index is 914. The maximum Gasteiger partial charge on any atom is 0.227 e. The summed E-state index contributed by atoms with van der Waals surface area (Å²) in [6, 6.07) is 10.8. The molecule has 0 atom stereocenters. The average molecular weight is 352 g/mol. The molecular formula is C19H21FN6. The predicted octanol–water partition coefficient (Wildman–Crippen LogP) is 2.74. The fourth-order valence-electron chi connectivity index (χ4n) is 3.33. The number of piperazine rings is 1. The number of aryl methyl sites for hydroxylation is 2. The van der Waals surface area contributed by atoms with E-state index in [4.69, 9.17) is 0 Å². The number of para-hydroxylation sites is 1. The van der Waals surface area contributed by atoms with Gasteiger partial charge in [0.1, 0.15) is 5.82 Å².